The minimum Gasteiger partial charge on any atom is -0.434 e. The molecular formula is C33H55N5O9. The molecule has 1 heterocycles. The Morgan fingerprint density at radius 2 is 1.74 bits per heavy atom. The second-order valence-electron chi connectivity index (χ2n) is 12.8. The van der Waals surface area contributed by atoms with Gasteiger partial charge in [-0.25, -0.2) is 4.79 Å². The van der Waals surface area contributed by atoms with Crippen LogP contribution in [0.2, 0.25) is 0 Å². The molecule has 2 rings (SSSR count). The van der Waals surface area contributed by atoms with E-state index in [1.165, 1.54) is 5.56 Å². The maximum Gasteiger partial charge on any atom is 0.508 e. The number of amides is 1. The highest BCUT2D eigenvalue weighted by atomic mass is 16.9. The van der Waals surface area contributed by atoms with E-state index >= 15 is 0 Å². The monoisotopic (exact) mass is 665 g/mol. The number of aryl methyl sites for hydroxylation is 2. The summed E-state index contributed by atoms with van der Waals surface area (Å²) in [6.07, 6.45) is 1.48. The second kappa shape index (κ2) is 20.7. The number of nitrogens with one attached hydrogen (secondary N) is 1. The standard InChI is InChI=1S/C33H55N5O9/c1-22(2)26(18-25-10-11-27-24(5)36-37(30(27)19-25)13-9-14-44-6)20-29(34)31(39)21-28(23(3)4)32(40)35-12-17-46-33(41)45-15-7-8-16-47-38(42)43/h10-11,19,22-23,26,28-29,31,39H,7-9,12-18,20-21,34H2,1-6H3,(H,35,40)/t26-,28-,29-,31-/m0/s1. The third kappa shape index (κ3) is 14.0. The van der Waals surface area contributed by atoms with Gasteiger partial charge in [0.05, 0.1) is 37.1 Å². The number of benzene rings is 1. The van der Waals surface area contributed by atoms with Gasteiger partial charge in [-0.2, -0.15) is 5.10 Å². The van der Waals surface area contributed by atoms with E-state index < -0.39 is 29.3 Å². The topological polar surface area (TPSA) is 190 Å². The first-order chi connectivity index (χ1) is 22.3. The Kier molecular flexibility index (Phi) is 17.5. The molecule has 1 aromatic heterocycles. The Balaban J connectivity index is 1.86. The molecule has 1 aromatic carbocycles. The molecule has 0 aliphatic carbocycles. The van der Waals surface area contributed by atoms with Crippen LogP contribution in [-0.4, -0.2) is 84.3 Å². The van der Waals surface area contributed by atoms with Crippen LogP contribution in [0.4, 0.5) is 4.79 Å². The zero-order chi connectivity index (χ0) is 34.9. The van der Waals surface area contributed by atoms with Crippen LogP contribution in [0, 0.1) is 40.7 Å². The molecule has 0 fully saturated rings. The lowest BCUT2D eigenvalue weighted by Gasteiger charge is -2.30. The molecule has 14 nitrogen and oxygen atoms in total. The number of fused-ring (bicyclic) bond motifs is 1. The number of nitrogens with zero attached hydrogens (tertiary/aromatic N) is 3. The third-order valence-corrected chi connectivity index (χ3v) is 8.44. The molecule has 4 atom stereocenters. The molecule has 0 saturated heterocycles. The van der Waals surface area contributed by atoms with Gasteiger partial charge < -0.3 is 35.2 Å². The van der Waals surface area contributed by atoms with Crippen molar-refractivity contribution in [3.63, 3.8) is 0 Å². The lowest BCUT2D eigenvalue weighted by molar-refractivity contribution is -0.757. The number of carbonyl (C=O) groups is 2. The van der Waals surface area contributed by atoms with Crippen LogP contribution in [0.5, 0.6) is 0 Å². The van der Waals surface area contributed by atoms with Crippen molar-refractivity contribution in [1.29, 1.82) is 0 Å². The summed E-state index contributed by atoms with van der Waals surface area (Å²) < 4.78 is 17.1. The van der Waals surface area contributed by atoms with E-state index in [0.29, 0.717) is 31.8 Å². The number of carbonyl (C=O) groups excluding carboxylic acids is 2. The number of hydrogen-bond donors (Lipinski definition) is 3. The van der Waals surface area contributed by atoms with Gasteiger partial charge in [-0.05, 0) is 74.8 Å². The first-order valence-electron chi connectivity index (χ1n) is 16.6. The zero-order valence-corrected chi connectivity index (χ0v) is 28.8. The molecule has 0 unspecified atom stereocenters. The highest BCUT2D eigenvalue weighted by molar-refractivity contribution is 5.82. The van der Waals surface area contributed by atoms with Gasteiger partial charge in [-0.1, -0.05) is 39.8 Å². The Hall–Kier alpha value is -3.49. The van der Waals surface area contributed by atoms with Gasteiger partial charge in [0, 0.05) is 37.6 Å². The van der Waals surface area contributed by atoms with Crippen molar-refractivity contribution in [3.8, 4) is 0 Å². The fourth-order valence-corrected chi connectivity index (χ4v) is 5.54. The quantitative estimate of drug-likeness (QED) is 0.0668. The number of aliphatic hydroxyl groups is 1. The van der Waals surface area contributed by atoms with Crippen molar-refractivity contribution in [2.24, 2.45) is 29.4 Å². The summed E-state index contributed by atoms with van der Waals surface area (Å²) in [5.41, 5.74) is 9.86. The summed E-state index contributed by atoms with van der Waals surface area (Å²) in [6, 6.07) is 5.98. The molecule has 0 spiro atoms. The highest BCUT2D eigenvalue weighted by Gasteiger charge is 2.30. The summed E-state index contributed by atoms with van der Waals surface area (Å²) in [6.45, 7) is 11.6. The molecular weight excluding hydrogens is 610 g/mol. The van der Waals surface area contributed by atoms with Crippen molar-refractivity contribution >= 4 is 23.0 Å². The Labute approximate surface area is 277 Å². The van der Waals surface area contributed by atoms with E-state index in [9.17, 15) is 24.8 Å². The van der Waals surface area contributed by atoms with Gasteiger partial charge in [-0.15, -0.1) is 10.1 Å². The SMILES string of the molecule is COCCCn1nc(C)c2ccc(C[C@@H](C[C@H](N)[C@@H](O)C[C@H](C(=O)NCCOC(=O)OCCCCO[N+](=O)[O-])C(C)C)C(C)C)cc21. The van der Waals surface area contributed by atoms with E-state index in [-0.39, 0.29) is 50.5 Å². The van der Waals surface area contributed by atoms with Crippen molar-refractivity contribution < 1.29 is 38.8 Å². The lowest BCUT2D eigenvalue weighted by Crippen LogP contribution is -2.43. The van der Waals surface area contributed by atoms with E-state index in [0.717, 1.165) is 36.0 Å². The molecule has 0 aliphatic rings. The fourth-order valence-electron chi connectivity index (χ4n) is 5.54. The van der Waals surface area contributed by atoms with Gasteiger partial charge in [0.15, 0.2) is 0 Å². The van der Waals surface area contributed by atoms with Crippen LogP contribution in [0.15, 0.2) is 18.2 Å². The van der Waals surface area contributed by atoms with Crippen LogP contribution >= 0.6 is 0 Å². The van der Waals surface area contributed by atoms with Gasteiger partial charge in [0.1, 0.15) is 6.61 Å². The van der Waals surface area contributed by atoms with Crippen LogP contribution in [0.3, 0.4) is 0 Å². The number of unbranched alkanes of at least 4 members (excludes halogenated alkanes) is 1. The third-order valence-electron chi connectivity index (χ3n) is 8.44. The molecule has 0 aliphatic heterocycles. The number of rotatable bonds is 23. The molecule has 0 radical (unpaired) electrons. The van der Waals surface area contributed by atoms with Crippen molar-refractivity contribution in [3.05, 3.63) is 39.6 Å². The van der Waals surface area contributed by atoms with Crippen LogP contribution in [0.1, 0.15) is 71.1 Å². The summed E-state index contributed by atoms with van der Waals surface area (Å²) in [7, 11) is 1.70. The van der Waals surface area contributed by atoms with Gasteiger partial charge in [0.25, 0.3) is 5.09 Å². The number of ether oxygens (including phenoxy) is 3. The molecule has 1 amide bonds. The normalized spacial score (nSPS) is 14.2. The zero-order valence-electron chi connectivity index (χ0n) is 28.8. The average molecular weight is 666 g/mol. The largest absolute Gasteiger partial charge is 0.508 e. The van der Waals surface area contributed by atoms with Crippen LogP contribution in [-0.2, 0) is 36.8 Å². The fraction of sp³-hybridized carbons (Fsp3) is 0.727. The van der Waals surface area contributed by atoms with Crippen LogP contribution < -0.4 is 11.1 Å². The maximum absolute atomic E-state index is 13.0. The smallest absolute Gasteiger partial charge is 0.434 e. The minimum absolute atomic E-state index is 0.0351. The first kappa shape index (κ1) is 39.7. The van der Waals surface area contributed by atoms with Crippen molar-refractivity contribution in [1.82, 2.24) is 15.1 Å². The number of hydrogen-bond acceptors (Lipinski definition) is 11. The van der Waals surface area contributed by atoms with Crippen LogP contribution in [0.25, 0.3) is 10.9 Å². The first-order valence-corrected chi connectivity index (χ1v) is 16.6. The Morgan fingerprint density at radius 3 is 2.40 bits per heavy atom. The summed E-state index contributed by atoms with van der Waals surface area (Å²) in [5, 5.41) is 29.0. The summed E-state index contributed by atoms with van der Waals surface area (Å²) in [4.78, 5) is 39.0. The lowest BCUT2D eigenvalue weighted by atomic mass is 9.80. The summed E-state index contributed by atoms with van der Waals surface area (Å²) >= 11 is 0. The highest BCUT2D eigenvalue weighted by Crippen LogP contribution is 2.28. The Bertz CT molecular complexity index is 1250. The summed E-state index contributed by atoms with van der Waals surface area (Å²) in [5.74, 6) is -0.227. The van der Waals surface area contributed by atoms with E-state index in [1.807, 2.05) is 25.5 Å². The average Bonchev–Trinajstić information content (AvgIpc) is 3.32. The second-order valence-corrected chi connectivity index (χ2v) is 12.8. The Morgan fingerprint density at radius 1 is 1.04 bits per heavy atom. The molecule has 47 heavy (non-hydrogen) atoms. The molecule has 14 heteroatoms. The molecule has 2 aromatic rings. The van der Waals surface area contributed by atoms with E-state index in [2.05, 4.69) is 42.2 Å². The van der Waals surface area contributed by atoms with E-state index in [4.69, 9.17) is 25.0 Å². The predicted molar refractivity (Wildman–Crippen MR) is 177 cm³/mol. The minimum atomic E-state index is -0.890. The van der Waals surface area contributed by atoms with Gasteiger partial charge in [0.2, 0.25) is 5.91 Å². The molecule has 0 saturated carbocycles. The number of nitrogens with two attached hydrogens (primary N) is 1. The van der Waals surface area contributed by atoms with Crippen molar-refractivity contribution in [2.75, 3.05) is 40.1 Å². The molecule has 0 bridgehead atoms. The van der Waals surface area contributed by atoms with Gasteiger partial charge in [-0.3, -0.25) is 9.48 Å². The number of methoxy groups -OCH3 is 1. The van der Waals surface area contributed by atoms with E-state index in [1.54, 1.807) is 7.11 Å². The van der Waals surface area contributed by atoms with Gasteiger partial charge >= 0.3 is 6.16 Å². The van der Waals surface area contributed by atoms with Crippen molar-refractivity contribution in [2.45, 2.75) is 91.8 Å². The maximum atomic E-state index is 13.0. The number of aromatic nitrogens is 2. The molecule has 4 N–H and O–H groups in total. The number of aliphatic hydroxyl groups excluding tert-OH is 1. The predicted octanol–water partition coefficient (Wildman–Crippen LogP) is 4.19. The molecule has 266 valence electrons.